The summed E-state index contributed by atoms with van der Waals surface area (Å²) in [7, 11) is 0. The van der Waals surface area contributed by atoms with E-state index in [0.29, 0.717) is 46.3 Å². The van der Waals surface area contributed by atoms with Crippen LogP contribution in [-0.2, 0) is 28.6 Å². The fourth-order valence-electron chi connectivity index (χ4n) is 15.1. The Bertz CT molecular complexity index is 1430. The summed E-state index contributed by atoms with van der Waals surface area (Å²) < 4.78 is 17.6. The number of carbonyl (C=O) groups excluding carboxylic acids is 3. The average Bonchev–Trinajstić information content (AvgIpc) is 3.08. The zero-order chi connectivity index (χ0) is 38.9. The van der Waals surface area contributed by atoms with Crippen molar-refractivity contribution in [1.82, 2.24) is 0 Å². The molecule has 12 fully saturated rings. The Balaban J connectivity index is 0.000000125. The van der Waals surface area contributed by atoms with Crippen LogP contribution in [0.2, 0.25) is 0 Å². The van der Waals surface area contributed by atoms with E-state index < -0.39 is 0 Å². The number of hydrogen-bond acceptors (Lipinski definition) is 6. The van der Waals surface area contributed by atoms with E-state index in [1.54, 1.807) is 20.8 Å². The molecular weight excluding hydrogens is 673 g/mol. The quantitative estimate of drug-likeness (QED) is 0.140. The lowest BCUT2D eigenvalue weighted by atomic mass is 9.49. The van der Waals surface area contributed by atoms with Gasteiger partial charge in [-0.25, -0.2) is 14.4 Å². The molecule has 0 aromatic heterocycles. The van der Waals surface area contributed by atoms with Gasteiger partial charge in [-0.05, 0) is 215 Å². The van der Waals surface area contributed by atoms with Crippen LogP contribution in [0.15, 0.2) is 36.5 Å². The van der Waals surface area contributed by atoms with Crippen molar-refractivity contribution in [2.45, 2.75) is 168 Å². The highest BCUT2D eigenvalue weighted by atomic mass is 16.6. The first-order valence-corrected chi connectivity index (χ1v) is 22.1. The van der Waals surface area contributed by atoms with Gasteiger partial charge >= 0.3 is 17.9 Å². The maximum atomic E-state index is 12.0. The molecule has 12 rings (SSSR count). The zero-order valence-corrected chi connectivity index (χ0v) is 34.9. The Labute approximate surface area is 327 Å². The Morgan fingerprint density at radius 2 is 0.870 bits per heavy atom. The Morgan fingerprint density at radius 1 is 0.537 bits per heavy atom. The van der Waals surface area contributed by atoms with Gasteiger partial charge in [0.2, 0.25) is 0 Å². The highest BCUT2D eigenvalue weighted by Gasteiger charge is 2.59. The molecule has 0 aromatic carbocycles. The first-order chi connectivity index (χ1) is 25.4. The largest absolute Gasteiger partial charge is 0.456 e. The molecule has 54 heavy (non-hydrogen) atoms. The normalized spacial score (nSPS) is 43.9. The minimum atomic E-state index is -0.335. The number of hydrogen-bond donors (Lipinski definition) is 0. The second kappa shape index (κ2) is 14.9. The van der Waals surface area contributed by atoms with Gasteiger partial charge in [-0.3, -0.25) is 0 Å². The van der Waals surface area contributed by atoms with Crippen LogP contribution in [0.5, 0.6) is 0 Å². The zero-order valence-electron chi connectivity index (χ0n) is 34.9. The molecule has 0 radical (unpaired) electrons. The number of rotatable bonds is 8. The minimum absolute atomic E-state index is 0.163. The molecule has 0 unspecified atom stereocenters. The summed E-state index contributed by atoms with van der Waals surface area (Å²) in [5, 5.41) is 0. The molecule has 0 N–H and O–H groups in total. The van der Waals surface area contributed by atoms with E-state index in [0.717, 1.165) is 53.8 Å². The molecule has 12 aliphatic rings. The summed E-state index contributed by atoms with van der Waals surface area (Å²) in [6, 6.07) is 0. The average molecular weight is 745 g/mol. The van der Waals surface area contributed by atoms with E-state index in [-0.39, 0.29) is 34.7 Å². The summed E-state index contributed by atoms with van der Waals surface area (Å²) >= 11 is 0. The van der Waals surface area contributed by atoms with Crippen LogP contribution in [0.1, 0.15) is 151 Å². The van der Waals surface area contributed by atoms with E-state index in [1.807, 2.05) is 0 Å². The van der Waals surface area contributed by atoms with E-state index in [9.17, 15) is 14.4 Å². The summed E-state index contributed by atoms with van der Waals surface area (Å²) in [5.41, 5.74) is 0.875. The third-order valence-electron chi connectivity index (χ3n) is 16.9. The topological polar surface area (TPSA) is 78.9 Å². The van der Waals surface area contributed by atoms with E-state index in [4.69, 9.17) is 14.2 Å². The Hall–Kier alpha value is -2.37. The van der Waals surface area contributed by atoms with Crippen molar-refractivity contribution in [2.24, 2.45) is 76.9 Å². The monoisotopic (exact) mass is 745 g/mol. The molecule has 12 aliphatic carbocycles. The van der Waals surface area contributed by atoms with Crippen LogP contribution in [0.25, 0.3) is 0 Å². The lowest BCUT2D eigenvalue weighted by molar-refractivity contribution is -0.207. The van der Waals surface area contributed by atoms with Crippen molar-refractivity contribution in [3.63, 3.8) is 0 Å². The molecule has 300 valence electrons. The van der Waals surface area contributed by atoms with Crippen LogP contribution >= 0.6 is 0 Å². The van der Waals surface area contributed by atoms with Crippen LogP contribution in [0.3, 0.4) is 0 Å². The minimum Gasteiger partial charge on any atom is -0.456 e. The van der Waals surface area contributed by atoms with Crippen molar-refractivity contribution in [3.05, 3.63) is 36.5 Å². The van der Waals surface area contributed by atoms with Gasteiger partial charge in [0, 0.05) is 22.6 Å². The van der Waals surface area contributed by atoms with Gasteiger partial charge < -0.3 is 14.2 Å². The second-order valence-electron chi connectivity index (χ2n) is 21.2. The van der Waals surface area contributed by atoms with Crippen LogP contribution in [0, 0.1) is 76.9 Å². The van der Waals surface area contributed by atoms with Gasteiger partial charge in [-0.15, -0.1) is 0 Å². The highest BCUT2D eigenvalue weighted by molar-refractivity contribution is 5.88. The van der Waals surface area contributed by atoms with E-state index in [1.165, 1.54) is 96.3 Å². The maximum Gasteiger partial charge on any atom is 0.333 e. The van der Waals surface area contributed by atoms with Crippen molar-refractivity contribution >= 4 is 17.9 Å². The Morgan fingerprint density at radius 3 is 1.22 bits per heavy atom. The molecule has 6 heteroatoms. The van der Waals surface area contributed by atoms with Crippen molar-refractivity contribution in [3.8, 4) is 0 Å². The van der Waals surface area contributed by atoms with Crippen LogP contribution in [-0.4, -0.2) is 34.7 Å². The standard InChI is InChI=1S/C17H26O2.C16H24O2.C15H22O2/c1-10(2)16(18)19-17(3,4)15-13-6-11-5-12(8-13)9-14(15)7-11;1-4-16(18-15(17)10(2)3)13-6-11-5-12(8-13)9-14(16)7-11;1-9(2)14(16)17-15(3)12-5-10-4-11(7-12)8-13(15)6-10/h11-15H,1,5-9H2,2-4H3;11-14H,2,4-9H2,1,3H3;10-13H,1,4-8H2,2-3H3. The van der Waals surface area contributed by atoms with Crippen LogP contribution < -0.4 is 0 Å². The van der Waals surface area contributed by atoms with E-state index in [2.05, 4.69) is 47.4 Å². The van der Waals surface area contributed by atoms with Gasteiger partial charge in [0.25, 0.3) is 0 Å². The molecule has 0 aliphatic heterocycles. The smallest absolute Gasteiger partial charge is 0.333 e. The van der Waals surface area contributed by atoms with Crippen molar-refractivity contribution in [2.75, 3.05) is 0 Å². The van der Waals surface area contributed by atoms with Gasteiger partial charge in [0.1, 0.15) is 16.8 Å². The molecule has 0 spiro atoms. The van der Waals surface area contributed by atoms with Gasteiger partial charge in [0.15, 0.2) is 0 Å². The summed E-state index contributed by atoms with van der Waals surface area (Å²) in [6.45, 7) is 24.9. The third-order valence-corrected chi connectivity index (χ3v) is 16.9. The molecule has 0 saturated heterocycles. The van der Waals surface area contributed by atoms with Crippen LogP contribution in [0.4, 0.5) is 0 Å². The molecule has 6 nitrogen and oxygen atoms in total. The molecular formula is C48H72O6. The van der Waals surface area contributed by atoms with Crippen molar-refractivity contribution in [1.29, 1.82) is 0 Å². The first-order valence-electron chi connectivity index (χ1n) is 22.1. The molecule has 0 aromatic rings. The van der Waals surface area contributed by atoms with Gasteiger partial charge in [0.05, 0.1) is 0 Å². The fraction of sp³-hybridized carbons (Fsp3) is 0.812. The molecule has 0 amide bonds. The summed E-state index contributed by atoms with van der Waals surface area (Å²) in [6.07, 6.45) is 21.0. The fourth-order valence-corrected chi connectivity index (χ4v) is 15.1. The lowest BCUT2D eigenvalue weighted by Crippen LogP contribution is -2.59. The maximum absolute atomic E-state index is 12.0. The Kier molecular flexibility index (Phi) is 11.0. The predicted molar refractivity (Wildman–Crippen MR) is 213 cm³/mol. The summed E-state index contributed by atoms with van der Waals surface area (Å²) in [5.74, 6) is 9.53. The number of ether oxygens (including phenoxy) is 3. The predicted octanol–water partition coefficient (Wildman–Crippen LogP) is 11.0. The van der Waals surface area contributed by atoms with Crippen molar-refractivity contribution < 1.29 is 28.6 Å². The molecule has 0 atom stereocenters. The first kappa shape index (κ1) is 39.8. The van der Waals surface area contributed by atoms with Gasteiger partial charge in [-0.1, -0.05) is 26.7 Å². The molecule has 0 heterocycles. The lowest BCUT2D eigenvalue weighted by Gasteiger charge is -2.60. The third kappa shape index (κ3) is 7.44. The highest BCUT2D eigenvalue weighted by Crippen LogP contribution is 2.62. The molecule has 12 saturated carbocycles. The van der Waals surface area contributed by atoms with E-state index >= 15 is 0 Å². The second-order valence-corrected chi connectivity index (χ2v) is 21.2. The number of carbonyl (C=O) groups is 3. The number of esters is 3. The SMILES string of the molecule is C=C(C)C(=O)OC(C)(C)C1C2CC3CC(C2)CC1C3.C=C(C)C(=O)OC1(C)C2CC3CC(C2)CC1C3.C=C(C)C(=O)OC1(CC)C2CC3CC(C2)CC1C3. The summed E-state index contributed by atoms with van der Waals surface area (Å²) in [4.78, 5) is 35.7. The van der Waals surface area contributed by atoms with Gasteiger partial charge in [-0.2, -0.15) is 0 Å². The molecule has 12 bridgehead atoms.